The van der Waals surface area contributed by atoms with Crippen LogP contribution >= 0.6 is 0 Å². The van der Waals surface area contributed by atoms with E-state index in [1.54, 1.807) is 0 Å². The van der Waals surface area contributed by atoms with Crippen LogP contribution in [0.15, 0.2) is 18.2 Å². The number of aliphatic hydroxyl groups excluding tert-OH is 1. The lowest BCUT2D eigenvalue weighted by Crippen LogP contribution is -2.16. The third-order valence-corrected chi connectivity index (χ3v) is 2.65. The molecular weight excluding hydrogens is 257 g/mol. The molecule has 0 aliphatic heterocycles. The number of nitrogens with zero attached hydrogens (tertiary/aromatic N) is 1. The van der Waals surface area contributed by atoms with Gasteiger partial charge < -0.3 is 10.4 Å². The summed E-state index contributed by atoms with van der Waals surface area (Å²) >= 11 is 0. The van der Waals surface area contributed by atoms with Crippen LogP contribution in [0.3, 0.4) is 0 Å². The van der Waals surface area contributed by atoms with Gasteiger partial charge in [-0.1, -0.05) is 0 Å². The van der Waals surface area contributed by atoms with Crippen molar-refractivity contribution < 1.29 is 18.3 Å². The first-order valence-corrected chi connectivity index (χ1v) is 5.87. The molecule has 0 amide bonds. The number of benzene rings is 1. The molecule has 1 aromatic carbocycles. The van der Waals surface area contributed by atoms with Gasteiger partial charge in [0, 0.05) is 18.3 Å². The second kappa shape index (κ2) is 6.43. The van der Waals surface area contributed by atoms with Crippen LogP contribution in [0.5, 0.6) is 0 Å². The molecule has 1 atom stereocenters. The molecule has 6 heteroatoms. The molecule has 0 aromatic heterocycles. The highest BCUT2D eigenvalue weighted by molar-refractivity contribution is 5.53. The van der Waals surface area contributed by atoms with Crippen LogP contribution in [-0.4, -0.2) is 17.8 Å². The predicted octanol–water partition coefficient (Wildman–Crippen LogP) is 3.15. The number of hydrogen-bond acceptors (Lipinski definition) is 3. The summed E-state index contributed by atoms with van der Waals surface area (Å²) in [7, 11) is 0. The fourth-order valence-corrected chi connectivity index (χ4v) is 1.72. The molecule has 19 heavy (non-hydrogen) atoms. The van der Waals surface area contributed by atoms with Crippen molar-refractivity contribution in [3.8, 4) is 6.07 Å². The van der Waals surface area contributed by atoms with Crippen LogP contribution < -0.4 is 5.32 Å². The molecule has 0 aliphatic carbocycles. The van der Waals surface area contributed by atoms with Gasteiger partial charge >= 0.3 is 6.18 Å². The largest absolute Gasteiger partial charge is 0.417 e. The van der Waals surface area contributed by atoms with E-state index in [0.717, 1.165) is 12.1 Å². The Morgan fingerprint density at radius 1 is 1.42 bits per heavy atom. The number of aliphatic hydroxyl groups is 1. The molecule has 104 valence electrons. The van der Waals surface area contributed by atoms with E-state index >= 15 is 0 Å². The zero-order valence-corrected chi connectivity index (χ0v) is 10.5. The third kappa shape index (κ3) is 4.45. The van der Waals surface area contributed by atoms with Crippen LogP contribution in [0.2, 0.25) is 0 Å². The van der Waals surface area contributed by atoms with Gasteiger partial charge in [0.15, 0.2) is 0 Å². The summed E-state index contributed by atoms with van der Waals surface area (Å²) in [5, 5.41) is 20.3. The standard InChI is InChI=1S/C13H15F3N2O/c1-9(3-2-6-19)18-11-5-4-10(8-17)12(7-11)13(14,15)16/h4-5,7,9,18-19H,2-3,6H2,1H3. The average molecular weight is 272 g/mol. The molecule has 0 radical (unpaired) electrons. The topological polar surface area (TPSA) is 56.0 Å². The Kier molecular flexibility index (Phi) is 5.19. The molecule has 1 unspecified atom stereocenters. The Morgan fingerprint density at radius 3 is 2.63 bits per heavy atom. The van der Waals surface area contributed by atoms with Crippen molar-refractivity contribution in [2.24, 2.45) is 0 Å². The van der Waals surface area contributed by atoms with Gasteiger partial charge in [-0.25, -0.2) is 0 Å². The second-order valence-corrected chi connectivity index (χ2v) is 4.28. The molecule has 0 spiro atoms. The molecule has 0 saturated carbocycles. The molecule has 1 aromatic rings. The predicted molar refractivity (Wildman–Crippen MR) is 65.6 cm³/mol. The van der Waals surface area contributed by atoms with Crippen molar-refractivity contribution in [2.45, 2.75) is 32.0 Å². The summed E-state index contributed by atoms with van der Waals surface area (Å²) in [5.41, 5.74) is -1.01. The quantitative estimate of drug-likeness (QED) is 0.865. The Hall–Kier alpha value is -1.74. The minimum atomic E-state index is -4.54. The maximum Gasteiger partial charge on any atom is 0.417 e. The van der Waals surface area contributed by atoms with E-state index in [9.17, 15) is 13.2 Å². The van der Waals surface area contributed by atoms with E-state index in [0.29, 0.717) is 18.5 Å². The van der Waals surface area contributed by atoms with Crippen LogP contribution in [0.4, 0.5) is 18.9 Å². The first-order valence-electron chi connectivity index (χ1n) is 5.87. The van der Waals surface area contributed by atoms with Gasteiger partial charge in [0.05, 0.1) is 17.2 Å². The SMILES string of the molecule is CC(CCCO)Nc1ccc(C#N)c(C(F)(F)F)c1. The molecule has 0 heterocycles. The Bertz CT molecular complexity index is 466. The fraction of sp³-hybridized carbons (Fsp3) is 0.462. The first kappa shape index (κ1) is 15.3. The molecule has 1 rings (SSSR count). The van der Waals surface area contributed by atoms with E-state index in [2.05, 4.69) is 5.32 Å². The van der Waals surface area contributed by atoms with Crippen LogP contribution in [-0.2, 0) is 6.18 Å². The highest BCUT2D eigenvalue weighted by atomic mass is 19.4. The molecule has 0 aliphatic rings. The van der Waals surface area contributed by atoms with Crippen molar-refractivity contribution in [2.75, 3.05) is 11.9 Å². The summed E-state index contributed by atoms with van der Waals surface area (Å²) in [6, 6.07) is 5.02. The summed E-state index contributed by atoms with van der Waals surface area (Å²) in [6.07, 6.45) is -3.31. The second-order valence-electron chi connectivity index (χ2n) is 4.28. The number of hydrogen-bond donors (Lipinski definition) is 2. The number of nitriles is 1. The lowest BCUT2D eigenvalue weighted by atomic mass is 10.1. The fourth-order valence-electron chi connectivity index (χ4n) is 1.72. The highest BCUT2D eigenvalue weighted by Crippen LogP contribution is 2.33. The Morgan fingerprint density at radius 2 is 2.11 bits per heavy atom. The molecular formula is C13H15F3N2O. The van der Waals surface area contributed by atoms with Crippen molar-refractivity contribution in [3.05, 3.63) is 29.3 Å². The smallest absolute Gasteiger partial charge is 0.396 e. The number of nitrogens with one attached hydrogen (secondary N) is 1. The molecule has 3 nitrogen and oxygen atoms in total. The maximum atomic E-state index is 12.7. The van der Waals surface area contributed by atoms with Crippen molar-refractivity contribution in [1.82, 2.24) is 0 Å². The number of anilines is 1. The minimum absolute atomic E-state index is 0.0488. The normalized spacial score (nSPS) is 12.8. The van der Waals surface area contributed by atoms with Crippen molar-refractivity contribution >= 4 is 5.69 Å². The number of alkyl halides is 3. The van der Waals surface area contributed by atoms with E-state index in [1.165, 1.54) is 12.1 Å². The van der Waals surface area contributed by atoms with E-state index < -0.39 is 11.7 Å². The maximum absolute atomic E-state index is 12.7. The van der Waals surface area contributed by atoms with E-state index in [4.69, 9.17) is 10.4 Å². The zero-order chi connectivity index (χ0) is 14.5. The lowest BCUT2D eigenvalue weighted by Gasteiger charge is -2.16. The summed E-state index contributed by atoms with van der Waals surface area (Å²) < 4.78 is 38.2. The lowest BCUT2D eigenvalue weighted by molar-refractivity contribution is -0.137. The van der Waals surface area contributed by atoms with Gasteiger partial charge in [-0.05, 0) is 38.0 Å². The third-order valence-electron chi connectivity index (χ3n) is 2.65. The van der Waals surface area contributed by atoms with Crippen LogP contribution in [0.25, 0.3) is 0 Å². The van der Waals surface area contributed by atoms with Crippen molar-refractivity contribution in [1.29, 1.82) is 5.26 Å². The number of rotatable bonds is 5. The first-order chi connectivity index (χ1) is 8.88. The average Bonchev–Trinajstić information content (AvgIpc) is 2.35. The van der Waals surface area contributed by atoms with Crippen molar-refractivity contribution in [3.63, 3.8) is 0 Å². The van der Waals surface area contributed by atoms with E-state index in [1.807, 2.05) is 6.92 Å². The summed E-state index contributed by atoms with van der Waals surface area (Å²) in [6.45, 7) is 1.87. The summed E-state index contributed by atoms with van der Waals surface area (Å²) in [5.74, 6) is 0. The van der Waals surface area contributed by atoms with Gasteiger partial charge in [0.25, 0.3) is 0 Å². The van der Waals surface area contributed by atoms with Gasteiger partial charge in [-0.3, -0.25) is 0 Å². The Balaban J connectivity index is 2.91. The minimum Gasteiger partial charge on any atom is -0.396 e. The van der Waals surface area contributed by atoms with Gasteiger partial charge in [0.1, 0.15) is 0 Å². The van der Waals surface area contributed by atoms with Crippen LogP contribution in [0, 0.1) is 11.3 Å². The molecule has 0 saturated heterocycles. The number of halogens is 3. The summed E-state index contributed by atoms with van der Waals surface area (Å²) in [4.78, 5) is 0. The van der Waals surface area contributed by atoms with E-state index in [-0.39, 0.29) is 18.2 Å². The molecule has 2 N–H and O–H groups in total. The monoisotopic (exact) mass is 272 g/mol. The molecule has 0 bridgehead atoms. The van der Waals surface area contributed by atoms with Gasteiger partial charge in [-0.15, -0.1) is 0 Å². The van der Waals surface area contributed by atoms with Gasteiger partial charge in [0.2, 0.25) is 0 Å². The highest BCUT2D eigenvalue weighted by Gasteiger charge is 2.33. The zero-order valence-electron chi connectivity index (χ0n) is 10.5. The van der Waals surface area contributed by atoms with Crippen LogP contribution in [0.1, 0.15) is 30.9 Å². The Labute approximate surface area is 109 Å². The van der Waals surface area contributed by atoms with Gasteiger partial charge in [-0.2, -0.15) is 18.4 Å². The molecule has 0 fully saturated rings.